The number of halogens is 4. The third kappa shape index (κ3) is 6.83. The second kappa shape index (κ2) is 11.7. The van der Waals surface area contributed by atoms with Gasteiger partial charge in [-0.15, -0.1) is 0 Å². The monoisotopic (exact) mass is 559 g/mol. The van der Waals surface area contributed by atoms with Gasteiger partial charge in [-0.05, 0) is 49.2 Å². The van der Waals surface area contributed by atoms with Crippen molar-refractivity contribution in [1.29, 1.82) is 0 Å². The van der Waals surface area contributed by atoms with Crippen LogP contribution in [0.4, 0.5) is 4.79 Å². The highest BCUT2D eigenvalue weighted by atomic mass is 35.5. The second-order valence-corrected chi connectivity index (χ2v) is 10.3. The van der Waals surface area contributed by atoms with Crippen molar-refractivity contribution in [2.24, 2.45) is 0 Å². The normalized spacial score (nSPS) is 11.1. The number of carbonyl (C=O) groups is 2. The molecular formula is C23H21Cl4N3O3S. The maximum Gasteiger partial charge on any atom is 0.414 e. The Bertz CT molecular complexity index is 1190. The van der Waals surface area contributed by atoms with E-state index in [-0.39, 0.29) is 28.1 Å². The van der Waals surface area contributed by atoms with E-state index in [0.29, 0.717) is 22.4 Å². The van der Waals surface area contributed by atoms with Gasteiger partial charge >= 0.3 is 6.09 Å². The van der Waals surface area contributed by atoms with Gasteiger partial charge in [0.2, 0.25) is 0 Å². The van der Waals surface area contributed by atoms with Gasteiger partial charge in [-0.25, -0.2) is 9.78 Å². The van der Waals surface area contributed by atoms with Gasteiger partial charge < -0.3 is 9.30 Å². The van der Waals surface area contributed by atoms with Crippen molar-refractivity contribution < 1.29 is 14.3 Å². The standard InChI is InChI=1S/C23H21Cl4N3O3S/c1-4-30-19(11-33-23(32)29-21(31)13-5-14(24)7-15(25)6-13)28-20(12(2)3)22(30)34-18-9-16(26)8-17(27)10-18/h5-10,12H,4,11H2,1-3H3,(H,29,31,32). The van der Waals surface area contributed by atoms with E-state index in [1.54, 1.807) is 6.07 Å². The van der Waals surface area contributed by atoms with Crippen molar-refractivity contribution in [2.75, 3.05) is 0 Å². The van der Waals surface area contributed by atoms with Crippen molar-refractivity contribution in [3.8, 4) is 0 Å². The zero-order valence-corrected chi connectivity index (χ0v) is 22.3. The lowest BCUT2D eigenvalue weighted by atomic mass is 10.1. The van der Waals surface area contributed by atoms with Gasteiger partial charge in [-0.2, -0.15) is 0 Å². The number of imide groups is 1. The van der Waals surface area contributed by atoms with Gasteiger partial charge in [-0.3, -0.25) is 10.1 Å². The lowest BCUT2D eigenvalue weighted by Gasteiger charge is -2.12. The summed E-state index contributed by atoms with van der Waals surface area (Å²) in [7, 11) is 0. The fourth-order valence-electron chi connectivity index (χ4n) is 3.14. The summed E-state index contributed by atoms with van der Waals surface area (Å²) in [4.78, 5) is 30.2. The first-order valence-electron chi connectivity index (χ1n) is 10.2. The molecule has 2 aromatic carbocycles. The molecule has 1 N–H and O–H groups in total. The predicted octanol–water partition coefficient (Wildman–Crippen LogP) is 7.86. The second-order valence-electron chi connectivity index (χ2n) is 7.51. The van der Waals surface area contributed by atoms with Gasteiger partial charge in [0.1, 0.15) is 10.9 Å². The number of nitrogens with one attached hydrogen (secondary N) is 1. The van der Waals surface area contributed by atoms with E-state index in [2.05, 4.69) is 5.32 Å². The van der Waals surface area contributed by atoms with E-state index < -0.39 is 12.0 Å². The summed E-state index contributed by atoms with van der Waals surface area (Å²) < 4.78 is 7.25. The molecule has 0 saturated carbocycles. The Morgan fingerprint density at radius 2 is 1.56 bits per heavy atom. The Kier molecular flexibility index (Phi) is 9.18. The molecule has 180 valence electrons. The molecule has 0 bridgehead atoms. The maximum absolute atomic E-state index is 12.3. The van der Waals surface area contributed by atoms with Crippen molar-refractivity contribution in [2.45, 2.75) is 49.8 Å². The van der Waals surface area contributed by atoms with Crippen molar-refractivity contribution in [3.63, 3.8) is 0 Å². The van der Waals surface area contributed by atoms with Crippen LogP contribution in [-0.4, -0.2) is 21.6 Å². The summed E-state index contributed by atoms with van der Waals surface area (Å²) in [6, 6.07) is 9.62. The van der Waals surface area contributed by atoms with Gasteiger partial charge in [0.05, 0.1) is 5.69 Å². The maximum atomic E-state index is 12.3. The van der Waals surface area contributed by atoms with E-state index in [1.165, 1.54) is 30.0 Å². The minimum Gasteiger partial charge on any atom is -0.441 e. The zero-order chi connectivity index (χ0) is 25.0. The smallest absolute Gasteiger partial charge is 0.414 e. The zero-order valence-electron chi connectivity index (χ0n) is 18.5. The number of imidazole rings is 1. The van der Waals surface area contributed by atoms with Crippen molar-refractivity contribution >= 4 is 70.2 Å². The summed E-state index contributed by atoms with van der Waals surface area (Å²) >= 11 is 25.6. The highest BCUT2D eigenvalue weighted by Crippen LogP contribution is 2.37. The Balaban J connectivity index is 1.77. The Hall–Kier alpha value is -1.90. The molecule has 6 nitrogen and oxygen atoms in total. The summed E-state index contributed by atoms with van der Waals surface area (Å²) in [6.45, 7) is 6.50. The van der Waals surface area contributed by atoms with Crippen LogP contribution in [0.15, 0.2) is 46.3 Å². The molecule has 0 aliphatic carbocycles. The Morgan fingerprint density at radius 3 is 2.09 bits per heavy atom. The fourth-order valence-corrected chi connectivity index (χ4v) is 5.64. The summed E-state index contributed by atoms with van der Waals surface area (Å²) in [5.74, 6) is -0.00732. The number of nitrogens with zero attached hydrogens (tertiary/aromatic N) is 2. The van der Waals surface area contributed by atoms with Crippen molar-refractivity contribution in [1.82, 2.24) is 14.9 Å². The van der Waals surface area contributed by atoms with E-state index >= 15 is 0 Å². The number of alkyl carbamates (subject to hydrolysis) is 1. The lowest BCUT2D eigenvalue weighted by molar-refractivity contribution is 0.0907. The third-order valence-corrected chi connectivity index (χ3v) is 6.58. The number of aromatic nitrogens is 2. The fraction of sp³-hybridized carbons (Fsp3) is 0.261. The quantitative estimate of drug-likeness (QED) is 0.318. The van der Waals surface area contributed by atoms with Gasteiger partial charge in [0.15, 0.2) is 6.61 Å². The largest absolute Gasteiger partial charge is 0.441 e. The molecule has 0 spiro atoms. The molecule has 2 amide bonds. The molecule has 1 aromatic heterocycles. The number of hydrogen-bond acceptors (Lipinski definition) is 5. The first-order valence-corrected chi connectivity index (χ1v) is 12.6. The molecule has 0 saturated heterocycles. The van der Waals surface area contributed by atoms with Crippen LogP contribution in [0.1, 0.15) is 48.6 Å². The van der Waals surface area contributed by atoms with Crippen LogP contribution in [0.3, 0.4) is 0 Å². The topological polar surface area (TPSA) is 73.2 Å². The van der Waals surface area contributed by atoms with Gasteiger partial charge in [0, 0.05) is 37.1 Å². The molecule has 0 fully saturated rings. The van der Waals surface area contributed by atoms with Crippen LogP contribution in [-0.2, 0) is 17.9 Å². The number of hydrogen-bond donors (Lipinski definition) is 1. The van der Waals surface area contributed by atoms with E-state index in [9.17, 15) is 9.59 Å². The Labute approximate surface area is 221 Å². The minimum atomic E-state index is -0.909. The Morgan fingerprint density at radius 1 is 1.00 bits per heavy atom. The van der Waals surface area contributed by atoms with E-state index in [0.717, 1.165) is 15.6 Å². The molecule has 3 aromatic rings. The molecule has 0 unspecified atom stereocenters. The first-order chi connectivity index (χ1) is 16.1. The molecule has 0 radical (unpaired) electrons. The van der Waals surface area contributed by atoms with Gasteiger partial charge in [-0.1, -0.05) is 72.0 Å². The number of amides is 2. The van der Waals surface area contributed by atoms with Crippen LogP contribution in [0.5, 0.6) is 0 Å². The van der Waals surface area contributed by atoms with Gasteiger partial charge in [0.25, 0.3) is 5.91 Å². The summed E-state index contributed by atoms with van der Waals surface area (Å²) in [5, 5.41) is 4.70. The summed E-state index contributed by atoms with van der Waals surface area (Å²) in [6.07, 6.45) is -0.909. The number of benzene rings is 2. The molecule has 3 rings (SSSR count). The summed E-state index contributed by atoms with van der Waals surface area (Å²) in [5.41, 5.74) is 0.997. The lowest BCUT2D eigenvalue weighted by Crippen LogP contribution is -2.31. The highest BCUT2D eigenvalue weighted by Gasteiger charge is 2.21. The van der Waals surface area contributed by atoms with Crippen LogP contribution < -0.4 is 5.32 Å². The molecular weight excluding hydrogens is 540 g/mol. The molecule has 11 heteroatoms. The molecule has 34 heavy (non-hydrogen) atoms. The first kappa shape index (κ1) is 26.7. The molecule has 0 atom stereocenters. The average molecular weight is 561 g/mol. The number of ether oxygens (including phenoxy) is 1. The number of carbonyl (C=O) groups excluding carboxylic acids is 2. The SMILES string of the molecule is CCn1c(COC(=O)NC(=O)c2cc(Cl)cc(Cl)c2)nc(C(C)C)c1Sc1cc(Cl)cc(Cl)c1. The van der Waals surface area contributed by atoms with Crippen molar-refractivity contribution in [3.05, 3.63) is 73.6 Å². The third-order valence-electron chi connectivity index (χ3n) is 4.61. The predicted molar refractivity (Wildman–Crippen MR) is 137 cm³/mol. The van der Waals surface area contributed by atoms with Crippen LogP contribution in [0.2, 0.25) is 20.1 Å². The van der Waals surface area contributed by atoms with Crippen LogP contribution >= 0.6 is 58.2 Å². The molecule has 0 aliphatic rings. The van der Waals surface area contributed by atoms with Crippen LogP contribution in [0.25, 0.3) is 0 Å². The average Bonchev–Trinajstić information content (AvgIpc) is 3.08. The minimum absolute atomic E-state index is 0.117. The molecule has 0 aliphatic heterocycles. The number of rotatable bonds is 7. The molecule has 1 heterocycles. The van der Waals surface area contributed by atoms with E-state index in [4.69, 9.17) is 56.1 Å². The van der Waals surface area contributed by atoms with Crippen LogP contribution in [0, 0.1) is 0 Å². The van der Waals surface area contributed by atoms with E-state index in [1.807, 2.05) is 37.5 Å². The highest BCUT2D eigenvalue weighted by molar-refractivity contribution is 7.99.